The highest BCUT2D eigenvalue weighted by molar-refractivity contribution is 5.92. The first-order chi connectivity index (χ1) is 8.58. The molecule has 3 N–H and O–H groups in total. The molecule has 0 saturated heterocycles. The van der Waals surface area contributed by atoms with Crippen LogP contribution in [-0.4, -0.2) is 12.5 Å². The molecule has 0 spiro atoms. The van der Waals surface area contributed by atoms with Crippen LogP contribution in [0, 0.1) is 23.1 Å². The van der Waals surface area contributed by atoms with Gasteiger partial charge < -0.3 is 11.1 Å². The minimum atomic E-state index is -0.591. The molecule has 1 aromatic rings. The lowest BCUT2D eigenvalue weighted by Crippen LogP contribution is -2.21. The van der Waals surface area contributed by atoms with Crippen LogP contribution in [0.4, 0.5) is 10.1 Å². The number of amides is 1. The Balaban J connectivity index is 2.67. The van der Waals surface area contributed by atoms with Crippen molar-refractivity contribution in [3.05, 3.63) is 29.6 Å². The Morgan fingerprint density at radius 2 is 2.33 bits per heavy atom. The Bertz CT molecular complexity index is 468. The third-order valence-electron chi connectivity index (χ3n) is 2.64. The molecule has 0 aromatic heterocycles. The summed E-state index contributed by atoms with van der Waals surface area (Å²) in [5.41, 5.74) is 5.72. The summed E-state index contributed by atoms with van der Waals surface area (Å²) in [5, 5.41) is 11.3. The average Bonchev–Trinajstić information content (AvgIpc) is 2.37. The number of hydrogen-bond donors (Lipinski definition) is 2. The van der Waals surface area contributed by atoms with Crippen LogP contribution in [0.3, 0.4) is 0 Å². The quantitative estimate of drug-likeness (QED) is 0.837. The molecule has 96 valence electrons. The summed E-state index contributed by atoms with van der Waals surface area (Å²) in [7, 11) is 0. The summed E-state index contributed by atoms with van der Waals surface area (Å²) < 4.78 is 13.1. The van der Waals surface area contributed by atoms with Gasteiger partial charge in [-0.2, -0.15) is 5.26 Å². The summed E-state index contributed by atoms with van der Waals surface area (Å²) in [6, 6.07) is 5.65. The minimum Gasteiger partial charge on any atom is -0.330 e. The lowest BCUT2D eigenvalue weighted by atomic mass is 10.0. The van der Waals surface area contributed by atoms with Gasteiger partial charge in [0.05, 0.1) is 5.56 Å². The number of carbonyl (C=O) groups excluding carboxylic acids is 1. The van der Waals surface area contributed by atoms with E-state index in [2.05, 4.69) is 5.32 Å². The number of hydrogen-bond acceptors (Lipinski definition) is 3. The smallest absolute Gasteiger partial charge is 0.227 e. The highest BCUT2D eigenvalue weighted by atomic mass is 19.1. The molecule has 0 radical (unpaired) electrons. The third-order valence-corrected chi connectivity index (χ3v) is 2.64. The second kappa shape index (κ2) is 6.72. The topological polar surface area (TPSA) is 78.9 Å². The van der Waals surface area contributed by atoms with Crippen molar-refractivity contribution in [3.63, 3.8) is 0 Å². The van der Waals surface area contributed by atoms with Crippen molar-refractivity contribution in [2.24, 2.45) is 11.7 Å². The fraction of sp³-hybridized carbons (Fsp3) is 0.385. The molecular weight excluding hydrogens is 233 g/mol. The second-order valence-electron chi connectivity index (χ2n) is 4.13. The fourth-order valence-corrected chi connectivity index (χ4v) is 1.51. The molecule has 1 atom stereocenters. The summed E-state index contributed by atoms with van der Waals surface area (Å²) in [5.74, 6) is -0.908. The lowest BCUT2D eigenvalue weighted by molar-refractivity contribution is -0.119. The van der Waals surface area contributed by atoms with E-state index in [9.17, 15) is 9.18 Å². The van der Waals surface area contributed by atoms with Gasteiger partial charge in [0.25, 0.3) is 0 Å². The van der Waals surface area contributed by atoms with E-state index < -0.39 is 5.82 Å². The molecule has 5 heteroatoms. The van der Waals surface area contributed by atoms with Gasteiger partial charge >= 0.3 is 0 Å². The molecule has 0 aliphatic rings. The standard InChI is InChI=1S/C13H16FN3O/c1-9(3-2-6-15)13(18)17-11-4-5-12(14)10(7-11)8-16/h4-5,7,9H,2-3,6,15H2,1H3,(H,17,18). The number of nitriles is 1. The SMILES string of the molecule is CC(CCCN)C(=O)Nc1ccc(F)c(C#N)c1. The summed E-state index contributed by atoms with van der Waals surface area (Å²) in [4.78, 5) is 11.8. The molecule has 0 saturated carbocycles. The third kappa shape index (κ3) is 3.82. The van der Waals surface area contributed by atoms with E-state index in [-0.39, 0.29) is 17.4 Å². The number of nitrogens with two attached hydrogens (primary N) is 1. The molecule has 0 fully saturated rings. The normalized spacial score (nSPS) is 11.7. The summed E-state index contributed by atoms with van der Waals surface area (Å²) in [6.07, 6.45) is 1.48. The van der Waals surface area contributed by atoms with Crippen LogP contribution >= 0.6 is 0 Å². The van der Waals surface area contributed by atoms with Gasteiger partial charge in [0.2, 0.25) is 5.91 Å². The van der Waals surface area contributed by atoms with Gasteiger partial charge in [0.15, 0.2) is 0 Å². The van der Waals surface area contributed by atoms with Crippen molar-refractivity contribution in [2.45, 2.75) is 19.8 Å². The monoisotopic (exact) mass is 249 g/mol. The molecule has 0 heterocycles. The molecule has 1 unspecified atom stereocenters. The maximum absolute atomic E-state index is 13.1. The predicted octanol–water partition coefficient (Wildman–Crippen LogP) is 2.01. The Labute approximate surface area is 106 Å². The van der Waals surface area contributed by atoms with E-state index >= 15 is 0 Å². The molecule has 1 rings (SSSR count). The number of anilines is 1. The molecule has 0 bridgehead atoms. The number of nitrogens with one attached hydrogen (secondary N) is 1. The Morgan fingerprint density at radius 1 is 1.61 bits per heavy atom. The van der Waals surface area contributed by atoms with E-state index in [1.54, 1.807) is 13.0 Å². The summed E-state index contributed by atoms with van der Waals surface area (Å²) in [6.45, 7) is 2.35. The molecule has 0 aliphatic heterocycles. The Hall–Kier alpha value is -1.93. The van der Waals surface area contributed by atoms with Crippen LogP contribution < -0.4 is 11.1 Å². The summed E-state index contributed by atoms with van der Waals surface area (Å²) >= 11 is 0. The maximum atomic E-state index is 13.1. The maximum Gasteiger partial charge on any atom is 0.227 e. The number of benzene rings is 1. The Morgan fingerprint density at radius 3 is 2.94 bits per heavy atom. The minimum absolute atomic E-state index is 0.0811. The zero-order chi connectivity index (χ0) is 13.5. The number of nitrogens with zero attached hydrogens (tertiary/aromatic N) is 1. The lowest BCUT2D eigenvalue weighted by Gasteiger charge is -2.11. The highest BCUT2D eigenvalue weighted by Gasteiger charge is 2.13. The first kappa shape index (κ1) is 14.1. The van der Waals surface area contributed by atoms with Gasteiger partial charge in [-0.05, 0) is 37.6 Å². The molecule has 1 aromatic carbocycles. The van der Waals surface area contributed by atoms with Crippen molar-refractivity contribution >= 4 is 11.6 Å². The first-order valence-corrected chi connectivity index (χ1v) is 5.79. The van der Waals surface area contributed by atoms with E-state index in [0.29, 0.717) is 18.7 Å². The van der Waals surface area contributed by atoms with Crippen LogP contribution in [0.2, 0.25) is 0 Å². The van der Waals surface area contributed by atoms with E-state index in [1.165, 1.54) is 18.2 Å². The molecule has 18 heavy (non-hydrogen) atoms. The van der Waals surface area contributed by atoms with Crippen LogP contribution in [0.5, 0.6) is 0 Å². The molecule has 0 aliphatic carbocycles. The van der Waals surface area contributed by atoms with Crippen LogP contribution in [0.25, 0.3) is 0 Å². The van der Waals surface area contributed by atoms with Gasteiger partial charge in [0.1, 0.15) is 11.9 Å². The average molecular weight is 249 g/mol. The van der Waals surface area contributed by atoms with Crippen molar-refractivity contribution in [1.82, 2.24) is 0 Å². The molecule has 4 nitrogen and oxygen atoms in total. The number of rotatable bonds is 5. The van der Waals surface area contributed by atoms with Gasteiger partial charge in [-0.15, -0.1) is 0 Å². The van der Waals surface area contributed by atoms with Crippen molar-refractivity contribution in [2.75, 3.05) is 11.9 Å². The van der Waals surface area contributed by atoms with Crippen molar-refractivity contribution in [1.29, 1.82) is 5.26 Å². The van der Waals surface area contributed by atoms with Crippen LogP contribution in [-0.2, 0) is 4.79 Å². The van der Waals surface area contributed by atoms with Gasteiger partial charge in [-0.1, -0.05) is 6.92 Å². The van der Waals surface area contributed by atoms with Crippen LogP contribution in [0.1, 0.15) is 25.3 Å². The molecule has 1 amide bonds. The van der Waals surface area contributed by atoms with Crippen LogP contribution in [0.15, 0.2) is 18.2 Å². The predicted molar refractivity (Wildman–Crippen MR) is 67.2 cm³/mol. The zero-order valence-corrected chi connectivity index (χ0v) is 10.2. The number of carbonyl (C=O) groups is 1. The van der Waals surface area contributed by atoms with E-state index in [0.717, 1.165) is 6.42 Å². The van der Waals surface area contributed by atoms with Crippen molar-refractivity contribution in [3.8, 4) is 6.07 Å². The molecular formula is C13H16FN3O. The fourth-order valence-electron chi connectivity index (χ4n) is 1.51. The van der Waals surface area contributed by atoms with Gasteiger partial charge in [0, 0.05) is 11.6 Å². The highest BCUT2D eigenvalue weighted by Crippen LogP contribution is 2.15. The zero-order valence-electron chi connectivity index (χ0n) is 10.2. The van der Waals surface area contributed by atoms with Gasteiger partial charge in [-0.25, -0.2) is 4.39 Å². The second-order valence-corrected chi connectivity index (χ2v) is 4.13. The van der Waals surface area contributed by atoms with Gasteiger partial charge in [-0.3, -0.25) is 4.79 Å². The van der Waals surface area contributed by atoms with E-state index in [4.69, 9.17) is 11.0 Å². The van der Waals surface area contributed by atoms with E-state index in [1.807, 2.05) is 0 Å². The first-order valence-electron chi connectivity index (χ1n) is 5.79. The number of halogens is 1. The largest absolute Gasteiger partial charge is 0.330 e. The Kier molecular flexibility index (Phi) is 5.28. The van der Waals surface area contributed by atoms with Crippen molar-refractivity contribution < 1.29 is 9.18 Å².